The summed E-state index contributed by atoms with van der Waals surface area (Å²) in [6, 6.07) is 5.98. The predicted octanol–water partition coefficient (Wildman–Crippen LogP) is 4.17. The fraction of sp³-hybridized carbons (Fsp3) is 0.476. The largest absolute Gasteiger partial charge is 0.466 e. The zero-order chi connectivity index (χ0) is 19.1. The molecule has 0 aliphatic heterocycles. The number of nitrogens with zero attached hydrogens (tertiary/aromatic N) is 1. The maximum absolute atomic E-state index is 12.7. The Balaban J connectivity index is 2.63. The van der Waals surface area contributed by atoms with Gasteiger partial charge in [0, 0.05) is 11.8 Å². The highest BCUT2D eigenvalue weighted by Gasteiger charge is 2.22. The molecule has 1 aromatic carbocycles. The van der Waals surface area contributed by atoms with Gasteiger partial charge in [-0.1, -0.05) is 25.0 Å². The Morgan fingerprint density at radius 3 is 2.42 bits per heavy atom. The second-order valence-corrected chi connectivity index (χ2v) is 6.21. The van der Waals surface area contributed by atoms with Crippen LogP contribution in [0.15, 0.2) is 18.2 Å². The molecule has 1 aromatic heterocycles. The first-order chi connectivity index (χ1) is 12.5. The van der Waals surface area contributed by atoms with Crippen molar-refractivity contribution >= 4 is 22.8 Å². The molecular weight excluding hydrogens is 330 g/mol. The molecule has 0 fully saturated rings. The summed E-state index contributed by atoms with van der Waals surface area (Å²) in [5.41, 5.74) is 3.99. The fourth-order valence-electron chi connectivity index (χ4n) is 3.08. The van der Waals surface area contributed by atoms with Crippen LogP contribution in [0.4, 0.5) is 0 Å². The van der Waals surface area contributed by atoms with Crippen molar-refractivity contribution in [2.24, 2.45) is 0 Å². The Bertz CT molecular complexity index is 798. The Labute approximate surface area is 154 Å². The minimum Gasteiger partial charge on any atom is -0.466 e. The predicted molar refractivity (Wildman–Crippen MR) is 101 cm³/mol. The van der Waals surface area contributed by atoms with Gasteiger partial charge in [0.25, 0.3) is 0 Å². The summed E-state index contributed by atoms with van der Waals surface area (Å²) in [4.78, 5) is 29.3. The van der Waals surface area contributed by atoms with E-state index in [0.29, 0.717) is 31.6 Å². The lowest BCUT2D eigenvalue weighted by molar-refractivity contribution is -0.143. The quantitative estimate of drug-likeness (QED) is 0.664. The van der Waals surface area contributed by atoms with Crippen LogP contribution in [0.5, 0.6) is 0 Å². The van der Waals surface area contributed by atoms with Gasteiger partial charge < -0.3 is 9.47 Å². The van der Waals surface area contributed by atoms with E-state index in [1.54, 1.807) is 13.8 Å². The van der Waals surface area contributed by atoms with Crippen molar-refractivity contribution < 1.29 is 19.1 Å². The summed E-state index contributed by atoms with van der Waals surface area (Å²) < 4.78 is 10.3. The second-order valence-electron chi connectivity index (χ2n) is 6.21. The topological polar surface area (TPSA) is 65.5 Å². The minimum absolute atomic E-state index is 0.221. The van der Waals surface area contributed by atoms with E-state index in [1.165, 1.54) is 0 Å². The third-order valence-corrected chi connectivity index (χ3v) is 4.17. The molecule has 0 spiro atoms. The zero-order valence-electron chi connectivity index (χ0n) is 16.1. The molecule has 0 aliphatic rings. The molecule has 2 rings (SSSR count). The first kappa shape index (κ1) is 19.9. The van der Waals surface area contributed by atoms with Gasteiger partial charge in [0.1, 0.15) is 0 Å². The van der Waals surface area contributed by atoms with Crippen molar-refractivity contribution in [2.75, 3.05) is 13.2 Å². The molecule has 0 saturated carbocycles. The number of aromatic nitrogens is 1. The van der Waals surface area contributed by atoms with Gasteiger partial charge in [-0.25, -0.2) is 4.79 Å². The third-order valence-electron chi connectivity index (χ3n) is 4.17. The van der Waals surface area contributed by atoms with Gasteiger partial charge in [-0.05, 0) is 51.3 Å². The summed E-state index contributed by atoms with van der Waals surface area (Å²) in [5.74, 6) is -0.636. The third kappa shape index (κ3) is 4.59. The second kappa shape index (κ2) is 9.32. The first-order valence-electron chi connectivity index (χ1n) is 9.26. The van der Waals surface area contributed by atoms with Crippen LogP contribution in [0.25, 0.3) is 10.9 Å². The Hall–Kier alpha value is -2.43. The molecule has 0 aliphatic carbocycles. The molecule has 140 valence electrons. The molecule has 2 aromatic rings. The maximum atomic E-state index is 12.7. The number of hydrogen-bond acceptors (Lipinski definition) is 5. The number of ether oxygens (including phenoxy) is 2. The molecule has 1 heterocycles. The lowest BCUT2D eigenvalue weighted by Gasteiger charge is -2.16. The van der Waals surface area contributed by atoms with Crippen LogP contribution in [0, 0.1) is 6.92 Å². The van der Waals surface area contributed by atoms with E-state index < -0.39 is 0 Å². The molecule has 0 atom stereocenters. The van der Waals surface area contributed by atoms with E-state index >= 15 is 0 Å². The van der Waals surface area contributed by atoms with Gasteiger partial charge >= 0.3 is 11.9 Å². The minimum atomic E-state index is -0.370. The Morgan fingerprint density at radius 1 is 1.04 bits per heavy atom. The number of aryl methyl sites for hydroxylation is 3. The van der Waals surface area contributed by atoms with Crippen molar-refractivity contribution in [3.8, 4) is 0 Å². The van der Waals surface area contributed by atoms with Crippen LogP contribution in [0.2, 0.25) is 0 Å². The molecule has 0 amide bonds. The standard InChI is InChI=1S/C21H27NO4/c1-5-8-18-20(21(24)26-7-3)15(10-12-19(23)25-6-2)16-13-14(4)9-11-17(16)22-18/h9,11,13H,5-8,10,12H2,1-4H3. The molecule has 0 radical (unpaired) electrons. The van der Waals surface area contributed by atoms with Crippen LogP contribution >= 0.6 is 0 Å². The van der Waals surface area contributed by atoms with E-state index in [-0.39, 0.29) is 18.4 Å². The molecule has 0 saturated heterocycles. The Kier molecular flexibility index (Phi) is 7.13. The van der Waals surface area contributed by atoms with E-state index in [0.717, 1.165) is 34.1 Å². The average Bonchev–Trinajstić information content (AvgIpc) is 2.60. The van der Waals surface area contributed by atoms with E-state index in [1.807, 2.05) is 32.0 Å². The molecule has 26 heavy (non-hydrogen) atoms. The van der Waals surface area contributed by atoms with Crippen molar-refractivity contribution in [3.05, 3.63) is 40.6 Å². The number of rotatable bonds is 8. The van der Waals surface area contributed by atoms with Gasteiger partial charge in [0.15, 0.2) is 0 Å². The molecular formula is C21H27NO4. The lowest BCUT2D eigenvalue weighted by atomic mass is 9.94. The van der Waals surface area contributed by atoms with Gasteiger partial charge in [0.05, 0.1) is 30.0 Å². The van der Waals surface area contributed by atoms with Gasteiger partial charge in [-0.3, -0.25) is 9.78 Å². The summed E-state index contributed by atoms with van der Waals surface area (Å²) in [5, 5.41) is 0.900. The normalized spacial score (nSPS) is 10.8. The van der Waals surface area contributed by atoms with E-state index in [4.69, 9.17) is 14.5 Å². The molecule has 0 bridgehead atoms. The molecule has 5 heteroatoms. The van der Waals surface area contributed by atoms with Crippen LogP contribution in [0.3, 0.4) is 0 Å². The first-order valence-corrected chi connectivity index (χ1v) is 9.26. The number of fused-ring (bicyclic) bond motifs is 1. The monoisotopic (exact) mass is 357 g/mol. The van der Waals surface area contributed by atoms with Crippen LogP contribution in [0.1, 0.15) is 60.8 Å². The Morgan fingerprint density at radius 2 is 1.77 bits per heavy atom. The smallest absolute Gasteiger partial charge is 0.340 e. The number of esters is 2. The number of carbonyl (C=O) groups is 2. The average molecular weight is 357 g/mol. The van der Waals surface area contributed by atoms with Crippen molar-refractivity contribution in [1.29, 1.82) is 0 Å². The van der Waals surface area contributed by atoms with E-state index in [2.05, 4.69) is 0 Å². The highest BCUT2D eigenvalue weighted by molar-refractivity contribution is 5.99. The summed E-state index contributed by atoms with van der Waals surface area (Å²) in [6.45, 7) is 8.27. The van der Waals surface area contributed by atoms with Crippen LogP contribution in [-0.4, -0.2) is 30.1 Å². The zero-order valence-corrected chi connectivity index (χ0v) is 16.1. The molecule has 0 N–H and O–H groups in total. The SMILES string of the molecule is CCCc1nc2ccc(C)cc2c(CCC(=O)OCC)c1C(=O)OCC. The number of hydrogen-bond donors (Lipinski definition) is 0. The summed E-state index contributed by atoms with van der Waals surface area (Å²) in [6.07, 6.45) is 2.20. The van der Waals surface area contributed by atoms with Crippen LogP contribution in [-0.2, 0) is 27.1 Å². The number of benzene rings is 1. The van der Waals surface area contributed by atoms with Crippen molar-refractivity contribution in [3.63, 3.8) is 0 Å². The number of pyridine rings is 1. The van der Waals surface area contributed by atoms with Crippen molar-refractivity contribution in [2.45, 2.75) is 53.4 Å². The van der Waals surface area contributed by atoms with Gasteiger partial charge in [0.2, 0.25) is 0 Å². The van der Waals surface area contributed by atoms with Crippen molar-refractivity contribution in [1.82, 2.24) is 4.98 Å². The maximum Gasteiger partial charge on any atom is 0.340 e. The highest BCUT2D eigenvalue weighted by atomic mass is 16.5. The number of carbonyl (C=O) groups excluding carboxylic acids is 2. The highest BCUT2D eigenvalue weighted by Crippen LogP contribution is 2.28. The molecule has 0 unspecified atom stereocenters. The van der Waals surface area contributed by atoms with Crippen LogP contribution < -0.4 is 0 Å². The van der Waals surface area contributed by atoms with E-state index in [9.17, 15) is 9.59 Å². The summed E-state index contributed by atoms with van der Waals surface area (Å²) >= 11 is 0. The molecule has 5 nitrogen and oxygen atoms in total. The van der Waals surface area contributed by atoms with Gasteiger partial charge in [-0.15, -0.1) is 0 Å². The fourth-order valence-corrected chi connectivity index (χ4v) is 3.08. The van der Waals surface area contributed by atoms with Gasteiger partial charge in [-0.2, -0.15) is 0 Å². The lowest BCUT2D eigenvalue weighted by Crippen LogP contribution is -2.15. The summed E-state index contributed by atoms with van der Waals surface area (Å²) in [7, 11) is 0.